The van der Waals surface area contributed by atoms with E-state index in [1.54, 1.807) is 0 Å². The van der Waals surface area contributed by atoms with Crippen LogP contribution in [-0.4, -0.2) is 28.9 Å². The molecular weight excluding hydrogens is 218 g/mol. The van der Waals surface area contributed by atoms with E-state index in [4.69, 9.17) is 27.9 Å². The number of rotatable bonds is 1. The van der Waals surface area contributed by atoms with Crippen molar-refractivity contribution in [2.24, 2.45) is 0 Å². The third kappa shape index (κ3) is 1.54. The normalized spacial score (nSPS) is 28.2. The molecule has 0 bridgehead atoms. The van der Waals surface area contributed by atoms with Crippen LogP contribution in [0.3, 0.4) is 0 Å². The van der Waals surface area contributed by atoms with Crippen LogP contribution in [0.2, 0.25) is 10.3 Å². The number of aromatic nitrogens is 2. The van der Waals surface area contributed by atoms with Gasteiger partial charge in [0.25, 0.3) is 0 Å². The Morgan fingerprint density at radius 3 is 2.77 bits per heavy atom. The largest absolute Gasteiger partial charge is 0.376 e. The molecule has 0 unspecified atom stereocenters. The van der Waals surface area contributed by atoms with E-state index in [1.165, 1.54) is 10.9 Å². The van der Waals surface area contributed by atoms with E-state index in [0.29, 0.717) is 6.61 Å². The molecule has 6 heteroatoms. The third-order valence-electron chi connectivity index (χ3n) is 2.03. The van der Waals surface area contributed by atoms with Crippen molar-refractivity contribution < 1.29 is 9.13 Å². The molecule has 72 valence electrons. The molecule has 2 rings (SSSR count). The molecule has 1 saturated heterocycles. The molecule has 1 aliphatic heterocycles. The van der Waals surface area contributed by atoms with E-state index in [-0.39, 0.29) is 16.9 Å². The van der Waals surface area contributed by atoms with Crippen molar-refractivity contribution in [1.82, 2.24) is 9.55 Å². The molecule has 1 aromatic rings. The number of alkyl halides is 1. The van der Waals surface area contributed by atoms with Gasteiger partial charge in [-0.05, 0) is 0 Å². The van der Waals surface area contributed by atoms with Gasteiger partial charge in [0.1, 0.15) is 11.3 Å². The maximum atomic E-state index is 13.2. The zero-order valence-corrected chi connectivity index (χ0v) is 8.09. The summed E-state index contributed by atoms with van der Waals surface area (Å²) >= 11 is 11.4. The number of hydrogen-bond donors (Lipinski definition) is 0. The highest BCUT2D eigenvalue weighted by Gasteiger charge is 2.31. The average molecular weight is 225 g/mol. The minimum absolute atomic E-state index is 0.108. The van der Waals surface area contributed by atoms with E-state index < -0.39 is 12.2 Å². The predicted octanol–water partition coefficient (Wildman–Crippen LogP) is 2.10. The van der Waals surface area contributed by atoms with Gasteiger partial charge in [-0.2, -0.15) is 0 Å². The van der Waals surface area contributed by atoms with Crippen LogP contribution in [0.25, 0.3) is 0 Å². The highest BCUT2D eigenvalue weighted by Crippen LogP contribution is 2.29. The molecule has 0 radical (unpaired) electrons. The molecule has 1 fully saturated rings. The summed E-state index contributed by atoms with van der Waals surface area (Å²) in [6.07, 6.45) is 0.388. The van der Waals surface area contributed by atoms with Crippen LogP contribution in [0.4, 0.5) is 4.39 Å². The summed E-state index contributed by atoms with van der Waals surface area (Å²) in [6.45, 7) is 0.421. The topological polar surface area (TPSA) is 27.1 Å². The first kappa shape index (κ1) is 9.24. The van der Waals surface area contributed by atoms with Crippen LogP contribution < -0.4 is 0 Å². The molecule has 13 heavy (non-hydrogen) atoms. The molecule has 0 N–H and O–H groups in total. The maximum Gasteiger partial charge on any atom is 0.166 e. The fraction of sp³-hybridized carbons (Fsp3) is 0.571. The average Bonchev–Trinajstić information content (AvgIpc) is 2.62. The van der Waals surface area contributed by atoms with Gasteiger partial charge in [-0.25, -0.2) is 9.37 Å². The first-order valence-electron chi connectivity index (χ1n) is 3.80. The van der Waals surface area contributed by atoms with Crippen molar-refractivity contribution in [3.05, 3.63) is 16.6 Å². The van der Waals surface area contributed by atoms with Gasteiger partial charge in [-0.15, -0.1) is 0 Å². The lowest BCUT2D eigenvalue weighted by molar-refractivity contribution is 0.172. The molecule has 1 aromatic heterocycles. The summed E-state index contributed by atoms with van der Waals surface area (Å²) < 4.78 is 19.7. The van der Waals surface area contributed by atoms with Crippen molar-refractivity contribution in [1.29, 1.82) is 0 Å². The Balaban J connectivity index is 2.29. The summed E-state index contributed by atoms with van der Waals surface area (Å²) in [5.74, 6) is 0. The van der Waals surface area contributed by atoms with Crippen molar-refractivity contribution in [3.8, 4) is 0 Å². The molecule has 2 heterocycles. The van der Waals surface area contributed by atoms with Gasteiger partial charge in [-0.3, -0.25) is 0 Å². The summed E-state index contributed by atoms with van der Waals surface area (Å²) in [7, 11) is 0. The molecule has 2 atom stereocenters. The van der Waals surface area contributed by atoms with Gasteiger partial charge in [0.2, 0.25) is 0 Å². The quantitative estimate of drug-likeness (QED) is 0.731. The van der Waals surface area contributed by atoms with Gasteiger partial charge in [0.05, 0.1) is 25.6 Å². The number of hydrogen-bond acceptors (Lipinski definition) is 2. The second kappa shape index (κ2) is 3.44. The lowest BCUT2D eigenvalue weighted by Crippen LogP contribution is -2.17. The second-order valence-electron chi connectivity index (χ2n) is 2.85. The third-order valence-corrected chi connectivity index (χ3v) is 2.78. The Morgan fingerprint density at radius 1 is 1.54 bits per heavy atom. The predicted molar refractivity (Wildman–Crippen MR) is 47.0 cm³/mol. The Morgan fingerprint density at radius 2 is 2.31 bits per heavy atom. The molecular formula is C7H7Cl2FN2O. The van der Waals surface area contributed by atoms with Gasteiger partial charge in [0.15, 0.2) is 5.15 Å². The second-order valence-corrected chi connectivity index (χ2v) is 3.57. The van der Waals surface area contributed by atoms with E-state index in [2.05, 4.69) is 4.98 Å². The van der Waals surface area contributed by atoms with Crippen LogP contribution in [-0.2, 0) is 4.74 Å². The fourth-order valence-corrected chi connectivity index (χ4v) is 1.69. The Bertz CT molecular complexity index is 317. The van der Waals surface area contributed by atoms with Gasteiger partial charge < -0.3 is 9.30 Å². The molecule has 0 spiro atoms. The molecule has 1 aliphatic rings. The van der Waals surface area contributed by atoms with Crippen molar-refractivity contribution in [3.63, 3.8) is 0 Å². The van der Waals surface area contributed by atoms with Crippen LogP contribution in [0.1, 0.15) is 6.04 Å². The first-order valence-corrected chi connectivity index (χ1v) is 4.55. The minimum atomic E-state index is -1.04. The minimum Gasteiger partial charge on any atom is -0.376 e. The number of nitrogens with zero attached hydrogens (tertiary/aromatic N) is 2. The SMILES string of the molecule is F[C@@H]1COC[C@H]1n1cnc(Cl)c1Cl. The van der Waals surface area contributed by atoms with Crippen LogP contribution >= 0.6 is 23.2 Å². The first-order chi connectivity index (χ1) is 6.20. The van der Waals surface area contributed by atoms with E-state index in [1.807, 2.05) is 0 Å². The van der Waals surface area contributed by atoms with Crippen molar-refractivity contribution >= 4 is 23.2 Å². The Hall–Kier alpha value is -0.320. The Labute approximate surface area is 84.4 Å². The highest BCUT2D eigenvalue weighted by molar-refractivity contribution is 6.40. The van der Waals surface area contributed by atoms with Gasteiger partial charge >= 0.3 is 0 Å². The fourth-order valence-electron chi connectivity index (χ4n) is 1.33. The summed E-state index contributed by atoms with van der Waals surface area (Å²) in [4.78, 5) is 3.77. The summed E-state index contributed by atoms with van der Waals surface area (Å²) in [5, 5.41) is 0.459. The highest BCUT2D eigenvalue weighted by atomic mass is 35.5. The maximum absolute atomic E-state index is 13.2. The van der Waals surface area contributed by atoms with E-state index in [9.17, 15) is 4.39 Å². The number of imidazole rings is 1. The zero-order valence-electron chi connectivity index (χ0n) is 6.58. The van der Waals surface area contributed by atoms with Crippen molar-refractivity contribution in [2.45, 2.75) is 12.2 Å². The molecule has 3 nitrogen and oxygen atoms in total. The standard InChI is InChI=1S/C7H7Cl2FN2O/c8-6-7(9)12(3-11-6)5-2-13-1-4(5)10/h3-5H,1-2H2/t4-,5-/m1/s1. The van der Waals surface area contributed by atoms with Gasteiger partial charge in [0, 0.05) is 0 Å². The van der Waals surface area contributed by atoms with Crippen LogP contribution in [0, 0.1) is 0 Å². The van der Waals surface area contributed by atoms with E-state index >= 15 is 0 Å². The van der Waals surface area contributed by atoms with Gasteiger partial charge in [-0.1, -0.05) is 23.2 Å². The lowest BCUT2D eigenvalue weighted by Gasteiger charge is -2.12. The van der Waals surface area contributed by atoms with E-state index in [0.717, 1.165) is 0 Å². The van der Waals surface area contributed by atoms with Crippen LogP contribution in [0.5, 0.6) is 0 Å². The lowest BCUT2D eigenvalue weighted by atomic mass is 10.2. The smallest absolute Gasteiger partial charge is 0.166 e. The molecule has 0 amide bonds. The monoisotopic (exact) mass is 224 g/mol. The summed E-state index contributed by atoms with van der Waals surface area (Å²) in [6, 6.07) is -0.396. The molecule has 0 saturated carbocycles. The molecule has 0 aliphatic carbocycles. The Kier molecular flexibility index (Phi) is 2.45. The van der Waals surface area contributed by atoms with Crippen LogP contribution in [0.15, 0.2) is 6.33 Å². The number of halogens is 3. The van der Waals surface area contributed by atoms with Crippen molar-refractivity contribution in [2.75, 3.05) is 13.2 Å². The summed E-state index contributed by atoms with van der Waals surface area (Å²) in [5.41, 5.74) is 0. The number of ether oxygens (including phenoxy) is 1. The molecule has 0 aromatic carbocycles. The zero-order chi connectivity index (χ0) is 9.42.